The van der Waals surface area contributed by atoms with E-state index < -0.39 is 27.3 Å². The highest BCUT2D eigenvalue weighted by Crippen LogP contribution is 2.40. The molecular formula is C23H19F3N2O4S. The Balaban J connectivity index is 1.90. The van der Waals surface area contributed by atoms with Crippen LogP contribution in [0, 0.1) is 0 Å². The second-order valence-corrected chi connectivity index (χ2v) is 8.88. The van der Waals surface area contributed by atoms with E-state index in [1.165, 1.54) is 50.6 Å². The fourth-order valence-corrected chi connectivity index (χ4v) is 4.85. The molecular weight excluding hydrogens is 457 g/mol. The first-order valence-electron chi connectivity index (χ1n) is 9.67. The van der Waals surface area contributed by atoms with Crippen molar-refractivity contribution in [2.24, 2.45) is 0 Å². The second-order valence-electron chi connectivity index (χ2n) is 7.07. The predicted octanol–water partition coefficient (Wildman–Crippen LogP) is 5.66. The van der Waals surface area contributed by atoms with Crippen LogP contribution in [0.1, 0.15) is 5.56 Å². The van der Waals surface area contributed by atoms with Crippen molar-refractivity contribution in [3.63, 3.8) is 0 Å². The van der Waals surface area contributed by atoms with Gasteiger partial charge < -0.3 is 14.8 Å². The van der Waals surface area contributed by atoms with Gasteiger partial charge in [-0.1, -0.05) is 6.07 Å². The first-order chi connectivity index (χ1) is 15.6. The number of halogens is 3. The zero-order chi connectivity index (χ0) is 23.8. The van der Waals surface area contributed by atoms with Crippen LogP contribution in [0.15, 0.2) is 77.8 Å². The molecule has 1 N–H and O–H groups in total. The topological polar surface area (TPSA) is 69.6 Å². The summed E-state index contributed by atoms with van der Waals surface area (Å²) in [5, 5.41) is 3.15. The number of nitrogens with zero attached hydrogens (tertiary/aromatic N) is 1. The number of alkyl halides is 3. The maximum absolute atomic E-state index is 13.9. The number of fused-ring (bicyclic) bond motifs is 1. The summed E-state index contributed by atoms with van der Waals surface area (Å²) in [6.45, 7) is 0. The van der Waals surface area contributed by atoms with Gasteiger partial charge in [-0.25, -0.2) is 12.4 Å². The molecule has 172 valence electrons. The van der Waals surface area contributed by atoms with E-state index in [9.17, 15) is 21.6 Å². The van der Waals surface area contributed by atoms with E-state index >= 15 is 0 Å². The summed E-state index contributed by atoms with van der Waals surface area (Å²) in [6, 6.07) is 15.8. The molecule has 3 aromatic carbocycles. The molecule has 10 heteroatoms. The number of aromatic nitrogens is 1. The summed E-state index contributed by atoms with van der Waals surface area (Å²) < 4.78 is 79.0. The van der Waals surface area contributed by atoms with E-state index in [1.807, 2.05) is 0 Å². The molecule has 0 fully saturated rings. The third kappa shape index (κ3) is 4.21. The van der Waals surface area contributed by atoms with Crippen LogP contribution < -0.4 is 14.8 Å². The molecule has 6 nitrogen and oxygen atoms in total. The minimum Gasteiger partial charge on any atom is -0.497 e. The first-order valence-corrected chi connectivity index (χ1v) is 11.1. The molecule has 0 unspecified atom stereocenters. The lowest BCUT2D eigenvalue weighted by Crippen LogP contribution is -2.15. The van der Waals surface area contributed by atoms with Gasteiger partial charge in [0.1, 0.15) is 11.5 Å². The maximum atomic E-state index is 13.9. The van der Waals surface area contributed by atoms with Crippen LogP contribution in [-0.4, -0.2) is 26.6 Å². The highest BCUT2D eigenvalue weighted by Gasteiger charge is 2.36. The van der Waals surface area contributed by atoms with E-state index in [0.717, 1.165) is 12.3 Å². The summed E-state index contributed by atoms with van der Waals surface area (Å²) in [6.07, 6.45) is -3.64. The summed E-state index contributed by atoms with van der Waals surface area (Å²) in [4.78, 5) is -0.167. The lowest BCUT2D eigenvalue weighted by atomic mass is 10.1. The molecule has 4 rings (SSSR count). The van der Waals surface area contributed by atoms with E-state index in [4.69, 9.17) is 9.47 Å². The monoisotopic (exact) mass is 476 g/mol. The molecule has 0 aliphatic heterocycles. The van der Waals surface area contributed by atoms with Gasteiger partial charge in [0.2, 0.25) is 0 Å². The van der Waals surface area contributed by atoms with Gasteiger partial charge in [0.25, 0.3) is 10.0 Å². The minimum absolute atomic E-state index is 0.102. The lowest BCUT2D eigenvalue weighted by molar-refractivity contribution is -0.136. The van der Waals surface area contributed by atoms with Gasteiger partial charge in [-0.15, -0.1) is 0 Å². The lowest BCUT2D eigenvalue weighted by Gasteiger charge is -2.16. The van der Waals surface area contributed by atoms with Crippen molar-refractivity contribution in [2.45, 2.75) is 11.1 Å². The number of methoxy groups -OCH3 is 2. The number of benzene rings is 3. The molecule has 1 heterocycles. The smallest absolute Gasteiger partial charge is 0.418 e. The normalized spacial score (nSPS) is 12.0. The average molecular weight is 476 g/mol. The maximum Gasteiger partial charge on any atom is 0.418 e. The number of anilines is 2. The molecule has 0 bridgehead atoms. The molecule has 0 aliphatic carbocycles. The Kier molecular flexibility index (Phi) is 5.71. The number of nitrogens with one attached hydrogen (secondary N) is 1. The Morgan fingerprint density at radius 2 is 1.58 bits per heavy atom. The second kappa shape index (κ2) is 8.36. The molecule has 4 aromatic rings. The van der Waals surface area contributed by atoms with Crippen molar-refractivity contribution in [1.82, 2.24) is 3.97 Å². The van der Waals surface area contributed by atoms with Gasteiger partial charge >= 0.3 is 6.18 Å². The third-order valence-electron chi connectivity index (χ3n) is 5.08. The Morgan fingerprint density at radius 1 is 0.879 bits per heavy atom. The molecule has 0 spiro atoms. The van der Waals surface area contributed by atoms with Crippen LogP contribution >= 0.6 is 0 Å². The molecule has 0 radical (unpaired) electrons. The van der Waals surface area contributed by atoms with Crippen LogP contribution in [0.25, 0.3) is 10.9 Å². The number of hydrogen-bond acceptors (Lipinski definition) is 5. The Bertz CT molecular complexity index is 1410. The summed E-state index contributed by atoms with van der Waals surface area (Å²) in [7, 11) is -1.39. The quantitative estimate of drug-likeness (QED) is 0.389. The fraction of sp³-hybridized carbons (Fsp3) is 0.130. The number of ether oxygens (including phenoxy) is 2. The van der Waals surface area contributed by atoms with Gasteiger partial charge in [0, 0.05) is 29.0 Å². The van der Waals surface area contributed by atoms with Crippen LogP contribution in [0.5, 0.6) is 11.5 Å². The van der Waals surface area contributed by atoms with Crippen LogP contribution in [0.3, 0.4) is 0 Å². The standard InChI is InChI=1S/C23H19F3N2O4S/c1-31-16-6-8-18(9-7-16)33(29,30)28-13-12-19-21(11-10-20(22(19)28)23(24,25)26)27-15-4-3-5-17(14-15)32-2/h3-14,27H,1-2H3. The largest absolute Gasteiger partial charge is 0.497 e. The van der Waals surface area contributed by atoms with Crippen LogP contribution in [0.2, 0.25) is 0 Å². The van der Waals surface area contributed by atoms with E-state index in [-0.39, 0.29) is 10.3 Å². The zero-order valence-electron chi connectivity index (χ0n) is 17.6. The van der Waals surface area contributed by atoms with E-state index in [1.54, 1.807) is 24.3 Å². The molecule has 0 saturated carbocycles. The predicted molar refractivity (Wildman–Crippen MR) is 119 cm³/mol. The highest BCUT2D eigenvalue weighted by molar-refractivity contribution is 7.90. The summed E-state index contributed by atoms with van der Waals surface area (Å²) in [5.74, 6) is 0.981. The van der Waals surface area contributed by atoms with Gasteiger partial charge in [0.05, 0.1) is 30.2 Å². The van der Waals surface area contributed by atoms with Crippen LogP contribution in [-0.2, 0) is 16.2 Å². The Labute approximate surface area is 188 Å². The highest BCUT2D eigenvalue weighted by atomic mass is 32.2. The van der Waals surface area contributed by atoms with Gasteiger partial charge in [-0.3, -0.25) is 0 Å². The van der Waals surface area contributed by atoms with E-state index in [0.29, 0.717) is 26.8 Å². The molecule has 1 aromatic heterocycles. The van der Waals surface area contributed by atoms with Gasteiger partial charge in [0.15, 0.2) is 0 Å². The van der Waals surface area contributed by atoms with Crippen molar-refractivity contribution in [2.75, 3.05) is 19.5 Å². The van der Waals surface area contributed by atoms with Crippen molar-refractivity contribution < 1.29 is 31.1 Å². The summed E-state index contributed by atoms with van der Waals surface area (Å²) >= 11 is 0. The first kappa shape index (κ1) is 22.5. The Morgan fingerprint density at radius 3 is 2.21 bits per heavy atom. The number of rotatable bonds is 6. The molecule has 0 saturated heterocycles. The van der Waals surface area contributed by atoms with Crippen molar-refractivity contribution in [3.8, 4) is 11.5 Å². The van der Waals surface area contributed by atoms with Crippen molar-refractivity contribution in [3.05, 3.63) is 78.5 Å². The minimum atomic E-state index is -4.77. The SMILES string of the molecule is COc1ccc(S(=O)(=O)n2ccc3c(Nc4cccc(OC)c4)ccc(C(F)(F)F)c32)cc1. The van der Waals surface area contributed by atoms with Gasteiger partial charge in [-0.2, -0.15) is 13.2 Å². The average Bonchev–Trinajstić information content (AvgIpc) is 3.25. The third-order valence-corrected chi connectivity index (χ3v) is 6.77. The zero-order valence-corrected chi connectivity index (χ0v) is 18.4. The molecule has 0 amide bonds. The van der Waals surface area contributed by atoms with Crippen molar-refractivity contribution in [1.29, 1.82) is 0 Å². The van der Waals surface area contributed by atoms with Crippen molar-refractivity contribution >= 4 is 32.3 Å². The van der Waals surface area contributed by atoms with Gasteiger partial charge in [-0.05, 0) is 54.6 Å². The molecule has 0 atom stereocenters. The fourth-order valence-electron chi connectivity index (χ4n) is 3.49. The summed E-state index contributed by atoms with van der Waals surface area (Å²) in [5.41, 5.74) is -0.641. The van der Waals surface area contributed by atoms with Crippen LogP contribution in [0.4, 0.5) is 24.5 Å². The molecule has 33 heavy (non-hydrogen) atoms. The molecule has 0 aliphatic rings. The number of hydrogen-bond donors (Lipinski definition) is 1. The Hall–Kier alpha value is -3.66. The van der Waals surface area contributed by atoms with E-state index in [2.05, 4.69) is 5.32 Å².